The second-order valence-corrected chi connectivity index (χ2v) is 7.09. The third-order valence-electron chi connectivity index (χ3n) is 3.32. The molecule has 1 unspecified atom stereocenters. The van der Waals surface area contributed by atoms with Gasteiger partial charge in [-0.2, -0.15) is 0 Å². The first-order valence-corrected chi connectivity index (χ1v) is 6.97. The number of nitrogens with zero attached hydrogens (tertiary/aromatic N) is 1. The van der Waals surface area contributed by atoms with E-state index in [0.717, 1.165) is 13.0 Å². The van der Waals surface area contributed by atoms with Crippen molar-refractivity contribution in [2.24, 2.45) is 0 Å². The van der Waals surface area contributed by atoms with Crippen LogP contribution in [0.25, 0.3) is 0 Å². The molecule has 1 fully saturated rings. The zero-order valence-corrected chi connectivity index (χ0v) is 11.6. The van der Waals surface area contributed by atoms with Gasteiger partial charge < -0.3 is 5.32 Å². The van der Waals surface area contributed by atoms with Gasteiger partial charge >= 0.3 is 0 Å². The summed E-state index contributed by atoms with van der Waals surface area (Å²) in [6.07, 6.45) is 3.65. The Morgan fingerprint density at radius 2 is 2.25 bits per heavy atom. The number of hydrogen-bond donors (Lipinski definition) is 1. The number of nitrogens with one attached hydrogen (secondary N) is 1. The second-order valence-electron chi connectivity index (χ2n) is 6.14. The third kappa shape index (κ3) is 2.64. The van der Waals surface area contributed by atoms with Gasteiger partial charge in [-0.3, -0.25) is 0 Å². The van der Waals surface area contributed by atoms with Crippen molar-refractivity contribution in [3.63, 3.8) is 0 Å². The van der Waals surface area contributed by atoms with Crippen molar-refractivity contribution in [2.75, 3.05) is 6.54 Å². The van der Waals surface area contributed by atoms with E-state index < -0.39 is 0 Å². The zero-order chi connectivity index (χ0) is 11.8. The first-order valence-electron chi connectivity index (χ1n) is 6.09. The normalized spacial score (nSPS) is 26.2. The highest BCUT2D eigenvalue weighted by molar-refractivity contribution is 7.09. The Labute approximate surface area is 102 Å². The monoisotopic (exact) mass is 238 g/mol. The summed E-state index contributed by atoms with van der Waals surface area (Å²) in [5.41, 5.74) is 1.69. The van der Waals surface area contributed by atoms with Crippen molar-refractivity contribution in [3.05, 3.63) is 16.1 Å². The summed E-state index contributed by atoms with van der Waals surface area (Å²) < 4.78 is 0. The first kappa shape index (κ1) is 12.1. The Hall–Kier alpha value is -0.410. The predicted octanol–water partition coefficient (Wildman–Crippen LogP) is 3.13. The Morgan fingerprint density at radius 3 is 2.75 bits per heavy atom. The SMILES string of the molecule is CC1(Cc2nc(C(C)(C)C)cs2)CCCN1. The van der Waals surface area contributed by atoms with E-state index in [-0.39, 0.29) is 11.0 Å². The van der Waals surface area contributed by atoms with Gasteiger partial charge in [-0.15, -0.1) is 11.3 Å². The van der Waals surface area contributed by atoms with Gasteiger partial charge in [-0.1, -0.05) is 20.8 Å². The molecule has 1 atom stereocenters. The van der Waals surface area contributed by atoms with Crippen molar-refractivity contribution < 1.29 is 0 Å². The highest BCUT2D eigenvalue weighted by atomic mass is 32.1. The average Bonchev–Trinajstić information content (AvgIpc) is 2.74. The lowest BCUT2D eigenvalue weighted by Gasteiger charge is -2.22. The minimum Gasteiger partial charge on any atom is -0.311 e. The van der Waals surface area contributed by atoms with Crippen LogP contribution in [0, 0.1) is 0 Å². The smallest absolute Gasteiger partial charge is 0.0946 e. The molecular formula is C13H22N2S. The molecule has 0 saturated carbocycles. The summed E-state index contributed by atoms with van der Waals surface area (Å²) in [5.74, 6) is 0. The van der Waals surface area contributed by atoms with E-state index in [1.165, 1.54) is 23.5 Å². The predicted molar refractivity (Wildman–Crippen MR) is 70.2 cm³/mol. The van der Waals surface area contributed by atoms with E-state index in [1.807, 2.05) is 11.3 Å². The van der Waals surface area contributed by atoms with Gasteiger partial charge in [0.2, 0.25) is 0 Å². The van der Waals surface area contributed by atoms with E-state index >= 15 is 0 Å². The molecule has 0 bridgehead atoms. The van der Waals surface area contributed by atoms with Crippen LogP contribution in [0.3, 0.4) is 0 Å². The first-order chi connectivity index (χ1) is 7.39. The maximum atomic E-state index is 4.77. The maximum Gasteiger partial charge on any atom is 0.0946 e. The van der Waals surface area contributed by atoms with Crippen LogP contribution in [0.1, 0.15) is 51.2 Å². The lowest BCUT2D eigenvalue weighted by Crippen LogP contribution is -2.38. The summed E-state index contributed by atoms with van der Waals surface area (Å²) >= 11 is 1.81. The summed E-state index contributed by atoms with van der Waals surface area (Å²) in [6, 6.07) is 0. The molecule has 1 saturated heterocycles. The largest absolute Gasteiger partial charge is 0.311 e. The molecule has 2 heterocycles. The molecule has 1 aromatic heterocycles. The average molecular weight is 238 g/mol. The minimum absolute atomic E-state index is 0.179. The van der Waals surface area contributed by atoms with Crippen LogP contribution < -0.4 is 5.32 Å². The van der Waals surface area contributed by atoms with Gasteiger partial charge in [0.1, 0.15) is 0 Å². The van der Waals surface area contributed by atoms with Crippen LogP contribution >= 0.6 is 11.3 Å². The van der Waals surface area contributed by atoms with Gasteiger partial charge in [0.05, 0.1) is 10.7 Å². The van der Waals surface area contributed by atoms with Gasteiger partial charge in [0.25, 0.3) is 0 Å². The highest BCUT2D eigenvalue weighted by Crippen LogP contribution is 2.28. The van der Waals surface area contributed by atoms with Crippen LogP contribution in [0.4, 0.5) is 0 Å². The van der Waals surface area contributed by atoms with Crippen LogP contribution in [-0.2, 0) is 11.8 Å². The van der Waals surface area contributed by atoms with Crippen LogP contribution in [0.15, 0.2) is 5.38 Å². The van der Waals surface area contributed by atoms with Crippen LogP contribution in [-0.4, -0.2) is 17.1 Å². The van der Waals surface area contributed by atoms with Gasteiger partial charge in [0, 0.05) is 22.8 Å². The lowest BCUT2D eigenvalue weighted by atomic mass is 9.93. The summed E-state index contributed by atoms with van der Waals surface area (Å²) in [6.45, 7) is 10.1. The fourth-order valence-corrected chi connectivity index (χ4v) is 3.39. The number of rotatable bonds is 2. The minimum atomic E-state index is 0.179. The molecule has 1 aliphatic heterocycles. The fraction of sp³-hybridized carbons (Fsp3) is 0.769. The fourth-order valence-electron chi connectivity index (χ4n) is 2.18. The van der Waals surface area contributed by atoms with Crippen molar-refractivity contribution in [3.8, 4) is 0 Å². The summed E-state index contributed by atoms with van der Waals surface area (Å²) in [5, 5.41) is 7.09. The molecule has 1 N–H and O–H groups in total. The number of hydrogen-bond acceptors (Lipinski definition) is 3. The third-order valence-corrected chi connectivity index (χ3v) is 4.17. The Morgan fingerprint density at radius 1 is 1.50 bits per heavy atom. The molecule has 0 aromatic carbocycles. The van der Waals surface area contributed by atoms with Crippen molar-refractivity contribution in [2.45, 2.75) is 57.9 Å². The quantitative estimate of drug-likeness (QED) is 0.856. The van der Waals surface area contributed by atoms with E-state index in [0.29, 0.717) is 0 Å². The molecule has 3 heteroatoms. The second kappa shape index (κ2) is 4.11. The van der Waals surface area contributed by atoms with E-state index in [1.54, 1.807) is 0 Å². The van der Waals surface area contributed by atoms with E-state index in [4.69, 9.17) is 4.98 Å². The number of thiazole rings is 1. The zero-order valence-electron chi connectivity index (χ0n) is 10.8. The summed E-state index contributed by atoms with van der Waals surface area (Å²) in [4.78, 5) is 4.77. The molecular weight excluding hydrogens is 216 g/mol. The Bertz CT molecular complexity index is 356. The molecule has 1 aliphatic rings. The lowest BCUT2D eigenvalue weighted by molar-refractivity contribution is 0.411. The molecule has 2 nitrogen and oxygen atoms in total. The molecule has 16 heavy (non-hydrogen) atoms. The number of aromatic nitrogens is 1. The molecule has 1 aromatic rings. The molecule has 90 valence electrons. The standard InChI is InChI=1S/C13H22N2S/c1-12(2,3)10-9-16-11(15-10)8-13(4)6-5-7-14-13/h9,14H,5-8H2,1-4H3. The molecule has 2 rings (SSSR count). The Balaban J connectivity index is 2.08. The molecule has 0 amide bonds. The van der Waals surface area contributed by atoms with E-state index in [2.05, 4.69) is 38.4 Å². The van der Waals surface area contributed by atoms with Crippen molar-refractivity contribution >= 4 is 11.3 Å². The topological polar surface area (TPSA) is 24.9 Å². The maximum absolute atomic E-state index is 4.77. The van der Waals surface area contributed by atoms with Gasteiger partial charge in [0.15, 0.2) is 0 Å². The Kier molecular flexibility index (Phi) is 3.10. The van der Waals surface area contributed by atoms with Crippen molar-refractivity contribution in [1.82, 2.24) is 10.3 Å². The van der Waals surface area contributed by atoms with E-state index in [9.17, 15) is 0 Å². The molecule has 0 aliphatic carbocycles. The van der Waals surface area contributed by atoms with Crippen LogP contribution in [0.5, 0.6) is 0 Å². The van der Waals surface area contributed by atoms with Gasteiger partial charge in [-0.05, 0) is 26.3 Å². The molecule has 0 spiro atoms. The molecule has 0 radical (unpaired) electrons. The summed E-state index contributed by atoms with van der Waals surface area (Å²) in [7, 11) is 0. The van der Waals surface area contributed by atoms with Crippen molar-refractivity contribution in [1.29, 1.82) is 0 Å². The van der Waals surface area contributed by atoms with Gasteiger partial charge in [-0.25, -0.2) is 4.98 Å². The highest BCUT2D eigenvalue weighted by Gasteiger charge is 2.29. The van der Waals surface area contributed by atoms with Crippen LogP contribution in [0.2, 0.25) is 0 Å².